The molecular weight excluding hydrogens is 394 g/mol. The van der Waals surface area contributed by atoms with Gasteiger partial charge >= 0.3 is 0 Å². The first-order valence-corrected chi connectivity index (χ1v) is 10.6. The number of nitrogens with one attached hydrogen (secondary N) is 1. The lowest BCUT2D eigenvalue weighted by molar-refractivity contribution is 0.187. The molecule has 10 nitrogen and oxygen atoms in total. The summed E-state index contributed by atoms with van der Waals surface area (Å²) >= 11 is 0. The van der Waals surface area contributed by atoms with Crippen molar-refractivity contribution < 1.29 is 4.74 Å². The molecule has 158 valence electrons. The fraction of sp³-hybridized carbons (Fsp3) is 0.381. The summed E-state index contributed by atoms with van der Waals surface area (Å²) in [6, 6.07) is 3.86. The highest BCUT2D eigenvalue weighted by molar-refractivity contribution is 5.92. The van der Waals surface area contributed by atoms with E-state index in [-0.39, 0.29) is 6.10 Å². The van der Waals surface area contributed by atoms with E-state index in [1.165, 1.54) is 6.42 Å². The predicted octanol–water partition coefficient (Wildman–Crippen LogP) is 2.75. The zero-order valence-electron chi connectivity index (χ0n) is 17.5. The van der Waals surface area contributed by atoms with Crippen LogP contribution in [0.5, 0.6) is 5.88 Å². The molecule has 4 bridgehead atoms. The van der Waals surface area contributed by atoms with E-state index >= 15 is 0 Å². The molecule has 0 saturated carbocycles. The Morgan fingerprint density at radius 2 is 2.03 bits per heavy atom. The third kappa shape index (κ3) is 3.06. The molecule has 6 heterocycles. The Morgan fingerprint density at radius 3 is 2.87 bits per heavy atom. The summed E-state index contributed by atoms with van der Waals surface area (Å²) in [4.78, 5) is 16.0. The lowest BCUT2D eigenvalue weighted by Gasteiger charge is -2.31. The van der Waals surface area contributed by atoms with Gasteiger partial charge in [0.15, 0.2) is 11.6 Å². The van der Waals surface area contributed by atoms with Crippen molar-refractivity contribution in [1.82, 2.24) is 34.5 Å². The summed E-state index contributed by atoms with van der Waals surface area (Å²) in [5.41, 5.74) is 1.82. The molecule has 0 spiro atoms. The van der Waals surface area contributed by atoms with E-state index in [0.717, 1.165) is 54.2 Å². The van der Waals surface area contributed by atoms with Gasteiger partial charge in [-0.2, -0.15) is 10.2 Å². The molecule has 1 unspecified atom stereocenters. The van der Waals surface area contributed by atoms with E-state index < -0.39 is 0 Å². The molecule has 0 aliphatic carbocycles. The van der Waals surface area contributed by atoms with Crippen LogP contribution in [0.3, 0.4) is 0 Å². The number of rotatable bonds is 1. The van der Waals surface area contributed by atoms with E-state index in [4.69, 9.17) is 9.84 Å². The molecule has 2 aliphatic heterocycles. The molecule has 6 rings (SSSR count). The smallest absolute Gasteiger partial charge is 0.223 e. The highest BCUT2D eigenvalue weighted by atomic mass is 16.5. The first kappa shape index (κ1) is 18.1. The molecular formula is C21H23N9O. The number of anilines is 3. The van der Waals surface area contributed by atoms with Gasteiger partial charge < -0.3 is 15.0 Å². The Hall–Kier alpha value is -3.69. The van der Waals surface area contributed by atoms with Crippen LogP contribution in [0.25, 0.3) is 22.3 Å². The van der Waals surface area contributed by atoms with E-state index in [0.29, 0.717) is 17.5 Å². The molecule has 2 aliphatic rings. The number of nitrogens with zero attached hydrogens (tertiary/aromatic N) is 8. The van der Waals surface area contributed by atoms with Crippen molar-refractivity contribution in [2.75, 3.05) is 23.3 Å². The van der Waals surface area contributed by atoms with Gasteiger partial charge in [0.25, 0.3) is 0 Å². The van der Waals surface area contributed by atoms with Gasteiger partial charge in [-0.3, -0.25) is 4.68 Å². The van der Waals surface area contributed by atoms with Gasteiger partial charge in [-0.1, -0.05) is 0 Å². The van der Waals surface area contributed by atoms with Crippen molar-refractivity contribution in [3.8, 4) is 17.3 Å². The van der Waals surface area contributed by atoms with E-state index in [1.807, 2.05) is 25.4 Å². The van der Waals surface area contributed by atoms with E-state index in [9.17, 15) is 0 Å². The largest absolute Gasteiger partial charge is 0.474 e. The molecule has 1 fully saturated rings. The van der Waals surface area contributed by atoms with Gasteiger partial charge in [-0.25, -0.2) is 19.6 Å². The molecule has 1 atom stereocenters. The zero-order valence-corrected chi connectivity index (χ0v) is 17.5. The number of fused-ring (bicyclic) bond motifs is 5. The van der Waals surface area contributed by atoms with Gasteiger partial charge in [-0.05, 0) is 19.4 Å². The molecule has 1 saturated heterocycles. The second kappa shape index (κ2) is 6.93. The molecule has 0 amide bonds. The number of hydrogen-bond donors (Lipinski definition) is 1. The van der Waals surface area contributed by atoms with Crippen LogP contribution in [0.2, 0.25) is 0 Å². The summed E-state index contributed by atoms with van der Waals surface area (Å²) in [5, 5.41) is 13.7. The molecule has 1 N–H and O–H groups in total. The highest BCUT2D eigenvalue weighted by Gasteiger charge is 2.23. The molecule has 10 heteroatoms. The minimum atomic E-state index is -0.0357. The lowest BCUT2D eigenvalue weighted by atomic mass is 10.2. The Morgan fingerprint density at radius 1 is 1.13 bits per heavy atom. The van der Waals surface area contributed by atoms with Crippen LogP contribution in [0.1, 0.15) is 19.8 Å². The van der Waals surface area contributed by atoms with Crippen LogP contribution in [-0.4, -0.2) is 53.7 Å². The Balaban J connectivity index is 1.48. The Kier molecular flexibility index (Phi) is 4.05. The standard InChI is InChI=1S/C21H23N9O/c1-13-5-9-30-16-10-18(23-11-14(16)20(27-30)29-7-3-8-29)25-17-4-6-22-19(26-17)15-12-24-28(2)21(15)31-13/h4,6,10-13H,3,5,7-9H2,1-2H3,(H,22,23,25,26). The summed E-state index contributed by atoms with van der Waals surface area (Å²) in [7, 11) is 1.86. The molecule has 4 aromatic rings. The van der Waals surface area contributed by atoms with Gasteiger partial charge in [0.2, 0.25) is 5.88 Å². The number of hydrogen-bond acceptors (Lipinski definition) is 8. The van der Waals surface area contributed by atoms with Crippen LogP contribution < -0.4 is 15.0 Å². The molecule has 0 radical (unpaired) electrons. The first-order valence-electron chi connectivity index (χ1n) is 10.6. The van der Waals surface area contributed by atoms with Crippen LogP contribution in [0.4, 0.5) is 17.5 Å². The van der Waals surface area contributed by atoms with Crippen molar-refractivity contribution in [3.05, 3.63) is 30.7 Å². The third-order valence-electron chi connectivity index (χ3n) is 5.87. The monoisotopic (exact) mass is 417 g/mol. The summed E-state index contributed by atoms with van der Waals surface area (Å²) in [6.07, 6.45) is 7.33. The average molecular weight is 417 g/mol. The number of pyridine rings is 1. The van der Waals surface area contributed by atoms with E-state index in [1.54, 1.807) is 17.1 Å². The zero-order chi connectivity index (χ0) is 20.9. The normalized spacial score (nSPS) is 18.1. The number of aryl methyl sites for hydroxylation is 2. The molecule has 0 aromatic carbocycles. The van der Waals surface area contributed by atoms with Crippen LogP contribution in [-0.2, 0) is 13.6 Å². The van der Waals surface area contributed by atoms with Gasteiger partial charge in [0, 0.05) is 51.6 Å². The summed E-state index contributed by atoms with van der Waals surface area (Å²) < 4.78 is 10.1. The Labute approximate surface area is 178 Å². The van der Waals surface area contributed by atoms with E-state index in [2.05, 4.69) is 41.9 Å². The highest BCUT2D eigenvalue weighted by Crippen LogP contribution is 2.32. The fourth-order valence-electron chi connectivity index (χ4n) is 4.02. The third-order valence-corrected chi connectivity index (χ3v) is 5.87. The SMILES string of the molecule is CC1CCn2nc(N3CCC3)c3cnc(cc32)Nc2ccnc(n2)-c2cnn(C)c2O1. The van der Waals surface area contributed by atoms with Crippen LogP contribution in [0, 0.1) is 0 Å². The summed E-state index contributed by atoms with van der Waals surface area (Å²) in [5.74, 6) is 3.61. The van der Waals surface area contributed by atoms with Crippen LogP contribution in [0.15, 0.2) is 30.7 Å². The molecule has 31 heavy (non-hydrogen) atoms. The minimum absolute atomic E-state index is 0.0357. The Bertz CT molecular complexity index is 1270. The van der Waals surface area contributed by atoms with Gasteiger partial charge in [-0.15, -0.1) is 0 Å². The average Bonchev–Trinajstić information content (AvgIpc) is 3.26. The predicted molar refractivity (Wildman–Crippen MR) is 117 cm³/mol. The lowest BCUT2D eigenvalue weighted by Crippen LogP contribution is -2.37. The number of aromatic nitrogens is 7. The van der Waals surface area contributed by atoms with Crippen molar-refractivity contribution in [1.29, 1.82) is 0 Å². The van der Waals surface area contributed by atoms with Gasteiger partial charge in [0.1, 0.15) is 17.2 Å². The maximum absolute atomic E-state index is 6.28. The second-order valence-corrected chi connectivity index (χ2v) is 8.07. The topological polar surface area (TPSA) is 98.8 Å². The maximum atomic E-state index is 6.28. The number of ether oxygens (including phenoxy) is 1. The molecule has 4 aromatic heterocycles. The van der Waals surface area contributed by atoms with Crippen molar-refractivity contribution in [3.63, 3.8) is 0 Å². The maximum Gasteiger partial charge on any atom is 0.223 e. The van der Waals surface area contributed by atoms with Crippen molar-refractivity contribution in [2.24, 2.45) is 7.05 Å². The van der Waals surface area contributed by atoms with Crippen LogP contribution >= 0.6 is 0 Å². The summed E-state index contributed by atoms with van der Waals surface area (Å²) in [6.45, 7) is 4.89. The quantitative estimate of drug-likeness (QED) is 0.505. The second-order valence-electron chi connectivity index (χ2n) is 8.07. The first-order chi connectivity index (χ1) is 15.2. The van der Waals surface area contributed by atoms with Crippen molar-refractivity contribution in [2.45, 2.75) is 32.4 Å². The fourth-order valence-corrected chi connectivity index (χ4v) is 4.02. The van der Waals surface area contributed by atoms with Crippen molar-refractivity contribution >= 4 is 28.4 Å². The minimum Gasteiger partial charge on any atom is -0.474 e. The van der Waals surface area contributed by atoms with Gasteiger partial charge in [0.05, 0.1) is 23.2 Å².